The Hall–Kier alpha value is 0.310. The van der Waals surface area contributed by atoms with Crippen LogP contribution in [0.5, 0.6) is 0 Å². The molecule has 3 atom stereocenters. The van der Waals surface area contributed by atoms with E-state index in [2.05, 4.69) is 25.8 Å². The molecule has 1 saturated heterocycles. The van der Waals surface area contributed by atoms with Crippen molar-refractivity contribution in [3.63, 3.8) is 0 Å². The van der Waals surface area contributed by atoms with Gasteiger partial charge in [0.25, 0.3) is 0 Å². The maximum Gasteiger partial charge on any atom is 0.0299 e. The van der Waals surface area contributed by atoms with Crippen molar-refractivity contribution in [2.45, 2.75) is 31.4 Å². The first-order chi connectivity index (χ1) is 6.01. The monoisotopic (exact) mass is 199 g/mol. The van der Waals surface area contributed by atoms with E-state index in [1.165, 1.54) is 25.9 Å². The van der Waals surface area contributed by atoms with Crippen molar-refractivity contribution in [1.29, 1.82) is 0 Å². The highest BCUT2D eigenvalue weighted by molar-refractivity contribution is 7.81. The van der Waals surface area contributed by atoms with E-state index in [-0.39, 0.29) is 0 Å². The van der Waals surface area contributed by atoms with Crippen LogP contribution in [-0.4, -0.2) is 29.8 Å². The molecule has 1 saturated carbocycles. The number of nitrogens with zero attached hydrogens (tertiary/aromatic N) is 1. The summed E-state index contributed by atoms with van der Waals surface area (Å²) in [6.45, 7) is 7.18. The normalized spacial score (nSPS) is 45.9. The fourth-order valence-electron chi connectivity index (χ4n) is 3.14. The van der Waals surface area contributed by atoms with Crippen LogP contribution in [0.2, 0.25) is 0 Å². The number of fused-ring (bicyclic) bond motifs is 1. The van der Waals surface area contributed by atoms with Crippen molar-refractivity contribution in [3.05, 3.63) is 0 Å². The SMILES string of the molecule is CC(C)[C@H]1C[C@@H]2CN(C)C[C@]2(S)C1. The maximum absolute atomic E-state index is 4.91. The third-order valence-electron chi connectivity index (χ3n) is 3.98. The molecule has 0 aromatic heterocycles. The first kappa shape index (κ1) is 9.85. The van der Waals surface area contributed by atoms with Crippen LogP contribution in [0.25, 0.3) is 0 Å². The molecular formula is C11H21NS. The highest BCUT2D eigenvalue weighted by Crippen LogP contribution is 2.50. The van der Waals surface area contributed by atoms with E-state index in [0.717, 1.165) is 17.8 Å². The van der Waals surface area contributed by atoms with Gasteiger partial charge in [-0.2, -0.15) is 12.6 Å². The highest BCUT2D eigenvalue weighted by atomic mass is 32.1. The zero-order chi connectivity index (χ0) is 9.64. The first-order valence-electron chi connectivity index (χ1n) is 5.42. The van der Waals surface area contributed by atoms with Crippen LogP contribution in [0, 0.1) is 17.8 Å². The Morgan fingerprint density at radius 2 is 2.15 bits per heavy atom. The zero-order valence-electron chi connectivity index (χ0n) is 8.95. The molecule has 76 valence electrons. The van der Waals surface area contributed by atoms with Crippen LogP contribution in [0.15, 0.2) is 0 Å². The Balaban J connectivity index is 2.06. The molecule has 13 heavy (non-hydrogen) atoms. The second-order valence-corrected chi connectivity index (χ2v) is 6.33. The molecule has 1 nitrogen and oxygen atoms in total. The zero-order valence-corrected chi connectivity index (χ0v) is 9.85. The number of rotatable bonds is 1. The van der Waals surface area contributed by atoms with E-state index >= 15 is 0 Å². The van der Waals surface area contributed by atoms with Crippen LogP contribution in [0.3, 0.4) is 0 Å². The van der Waals surface area contributed by atoms with Gasteiger partial charge in [0.2, 0.25) is 0 Å². The minimum Gasteiger partial charge on any atom is -0.305 e. The summed E-state index contributed by atoms with van der Waals surface area (Å²) >= 11 is 4.91. The van der Waals surface area contributed by atoms with Gasteiger partial charge in [0.05, 0.1) is 0 Å². The molecule has 1 aliphatic heterocycles. The van der Waals surface area contributed by atoms with Gasteiger partial charge >= 0.3 is 0 Å². The highest BCUT2D eigenvalue weighted by Gasteiger charge is 2.49. The third-order valence-corrected chi connectivity index (χ3v) is 4.67. The number of thiol groups is 1. The summed E-state index contributed by atoms with van der Waals surface area (Å²) in [7, 11) is 2.22. The molecule has 2 fully saturated rings. The Kier molecular flexibility index (Phi) is 2.40. The van der Waals surface area contributed by atoms with Gasteiger partial charge in [-0.1, -0.05) is 13.8 Å². The number of hydrogen-bond acceptors (Lipinski definition) is 2. The van der Waals surface area contributed by atoms with Gasteiger partial charge in [0, 0.05) is 17.8 Å². The molecular weight excluding hydrogens is 178 g/mol. The Labute approximate surface area is 87.3 Å². The minimum atomic E-state index is 0.351. The van der Waals surface area contributed by atoms with Gasteiger partial charge in [-0.05, 0) is 37.6 Å². The van der Waals surface area contributed by atoms with Gasteiger partial charge in [0.1, 0.15) is 0 Å². The molecule has 1 aliphatic carbocycles. The summed E-state index contributed by atoms with van der Waals surface area (Å²) in [5.41, 5.74) is 0. The van der Waals surface area contributed by atoms with Crippen LogP contribution in [-0.2, 0) is 0 Å². The standard InChI is InChI=1S/C11H21NS/c1-8(2)9-4-10-6-12(3)7-11(10,13)5-9/h8-10,13H,4-7H2,1-3H3/t9-,10+,11+/m0/s1. The molecule has 1 heterocycles. The van der Waals surface area contributed by atoms with Crippen molar-refractivity contribution < 1.29 is 0 Å². The molecule has 2 rings (SSSR count). The van der Waals surface area contributed by atoms with E-state index in [1.807, 2.05) is 0 Å². The van der Waals surface area contributed by atoms with E-state index in [1.54, 1.807) is 0 Å². The summed E-state index contributed by atoms with van der Waals surface area (Å²) in [5.74, 6) is 2.63. The quantitative estimate of drug-likeness (QED) is 0.634. The average molecular weight is 199 g/mol. The predicted octanol–water partition coefficient (Wildman–Crippen LogP) is 2.28. The summed E-state index contributed by atoms with van der Waals surface area (Å²) in [5, 5.41) is 0. The van der Waals surface area contributed by atoms with Crippen LogP contribution in [0.1, 0.15) is 26.7 Å². The minimum absolute atomic E-state index is 0.351. The molecule has 2 heteroatoms. The molecule has 0 radical (unpaired) electrons. The fraction of sp³-hybridized carbons (Fsp3) is 1.00. The molecule has 2 aliphatic rings. The summed E-state index contributed by atoms with van der Waals surface area (Å²) in [6, 6.07) is 0. The van der Waals surface area contributed by atoms with Crippen molar-refractivity contribution >= 4 is 12.6 Å². The smallest absolute Gasteiger partial charge is 0.0299 e. The van der Waals surface area contributed by atoms with Gasteiger partial charge in [-0.25, -0.2) is 0 Å². The molecule has 0 unspecified atom stereocenters. The van der Waals surface area contributed by atoms with E-state index in [9.17, 15) is 0 Å². The van der Waals surface area contributed by atoms with Gasteiger partial charge < -0.3 is 4.90 Å². The second kappa shape index (κ2) is 3.16. The second-order valence-electron chi connectivity index (χ2n) is 5.44. The van der Waals surface area contributed by atoms with Crippen molar-refractivity contribution in [1.82, 2.24) is 4.90 Å². The Bertz CT molecular complexity index is 204. The van der Waals surface area contributed by atoms with Crippen LogP contribution < -0.4 is 0 Å². The molecule has 0 amide bonds. The first-order valence-corrected chi connectivity index (χ1v) is 5.87. The molecule has 0 bridgehead atoms. The van der Waals surface area contributed by atoms with Crippen molar-refractivity contribution in [2.24, 2.45) is 17.8 Å². The fourth-order valence-corrected chi connectivity index (χ4v) is 3.81. The van der Waals surface area contributed by atoms with Crippen LogP contribution in [0.4, 0.5) is 0 Å². The van der Waals surface area contributed by atoms with E-state index < -0.39 is 0 Å². The summed E-state index contributed by atoms with van der Waals surface area (Å²) < 4.78 is 0.351. The van der Waals surface area contributed by atoms with Gasteiger partial charge in [-0.15, -0.1) is 0 Å². The molecule has 0 spiro atoms. The Morgan fingerprint density at radius 3 is 2.69 bits per heavy atom. The molecule has 0 N–H and O–H groups in total. The average Bonchev–Trinajstić information content (AvgIpc) is 2.38. The maximum atomic E-state index is 4.91. The molecule has 0 aromatic carbocycles. The predicted molar refractivity (Wildman–Crippen MR) is 60.3 cm³/mol. The number of hydrogen-bond donors (Lipinski definition) is 1. The third kappa shape index (κ3) is 1.63. The molecule has 0 aromatic rings. The summed E-state index contributed by atoms with van der Waals surface area (Å²) in [4.78, 5) is 2.44. The van der Waals surface area contributed by atoms with E-state index in [0.29, 0.717) is 4.75 Å². The van der Waals surface area contributed by atoms with Crippen molar-refractivity contribution in [3.8, 4) is 0 Å². The lowest BCUT2D eigenvalue weighted by atomic mass is 9.93. The van der Waals surface area contributed by atoms with Crippen LogP contribution >= 0.6 is 12.6 Å². The van der Waals surface area contributed by atoms with Gasteiger partial charge in [-0.3, -0.25) is 0 Å². The lowest BCUT2D eigenvalue weighted by Gasteiger charge is -2.23. The topological polar surface area (TPSA) is 3.24 Å². The lowest BCUT2D eigenvalue weighted by molar-refractivity contribution is 0.319. The summed E-state index contributed by atoms with van der Waals surface area (Å²) in [6.07, 6.45) is 2.74. The largest absolute Gasteiger partial charge is 0.305 e. The number of likely N-dealkylation sites (tertiary alicyclic amines) is 1. The van der Waals surface area contributed by atoms with Gasteiger partial charge in [0.15, 0.2) is 0 Å². The Morgan fingerprint density at radius 1 is 1.46 bits per heavy atom. The van der Waals surface area contributed by atoms with Crippen molar-refractivity contribution in [2.75, 3.05) is 20.1 Å². The van der Waals surface area contributed by atoms with E-state index in [4.69, 9.17) is 12.6 Å². The lowest BCUT2D eigenvalue weighted by Crippen LogP contribution is -2.27.